The fourth-order valence-electron chi connectivity index (χ4n) is 2.07. The summed E-state index contributed by atoms with van der Waals surface area (Å²) in [7, 11) is 0. The maximum Gasteiger partial charge on any atom is 0.0539 e. The molecule has 1 unspecified atom stereocenters. The maximum atomic E-state index is 4.42. The van der Waals surface area contributed by atoms with E-state index >= 15 is 0 Å². The second-order valence-electron chi connectivity index (χ2n) is 3.66. The Morgan fingerprint density at radius 3 is 2.92 bits per heavy atom. The van der Waals surface area contributed by atoms with Crippen molar-refractivity contribution in [3.8, 4) is 0 Å². The van der Waals surface area contributed by atoms with Crippen molar-refractivity contribution in [2.45, 2.75) is 32.2 Å². The van der Waals surface area contributed by atoms with E-state index in [1.807, 2.05) is 13.1 Å². The van der Waals surface area contributed by atoms with Crippen molar-refractivity contribution in [3.63, 3.8) is 0 Å². The Bertz CT molecular complexity index is 328. The lowest BCUT2D eigenvalue weighted by Gasteiger charge is -2.32. The molecule has 0 radical (unpaired) electrons. The van der Waals surface area contributed by atoms with E-state index in [0.717, 1.165) is 0 Å². The fourth-order valence-corrected chi connectivity index (χ4v) is 2.07. The molecule has 2 atom stereocenters. The normalized spacial score (nSPS) is 22.5. The quantitative estimate of drug-likeness (QED) is 0.610. The molecule has 0 aliphatic heterocycles. The molecule has 0 amide bonds. The highest BCUT2D eigenvalue weighted by Crippen LogP contribution is 2.38. The van der Waals surface area contributed by atoms with Gasteiger partial charge in [-0.25, -0.2) is 0 Å². The summed E-state index contributed by atoms with van der Waals surface area (Å²) in [6, 6.07) is 9.12. The number of nitrogens with zero attached hydrogens (tertiary/aromatic N) is 1. The van der Waals surface area contributed by atoms with Gasteiger partial charge in [0.1, 0.15) is 0 Å². The molecular formula is C12H15N. The summed E-state index contributed by atoms with van der Waals surface area (Å²) in [5.74, 6) is 0.660. The van der Waals surface area contributed by atoms with Gasteiger partial charge in [0.05, 0.1) is 6.04 Å². The average Bonchev–Trinajstić information content (AvgIpc) is 2.07. The largest absolute Gasteiger partial charge is 0.294 e. The van der Waals surface area contributed by atoms with Crippen LogP contribution >= 0.6 is 0 Å². The second kappa shape index (κ2) is 3.33. The van der Waals surface area contributed by atoms with Crippen LogP contribution in [0.1, 0.15) is 30.9 Å². The van der Waals surface area contributed by atoms with Crippen LogP contribution in [0.15, 0.2) is 29.3 Å². The lowest BCUT2D eigenvalue weighted by molar-refractivity contribution is 0.516. The van der Waals surface area contributed by atoms with Gasteiger partial charge in [-0.3, -0.25) is 4.99 Å². The summed E-state index contributed by atoms with van der Waals surface area (Å²) in [5.41, 5.74) is 3.01. The maximum absolute atomic E-state index is 4.42. The molecule has 0 spiro atoms. The van der Waals surface area contributed by atoms with E-state index in [2.05, 4.69) is 36.2 Å². The van der Waals surface area contributed by atoms with Crippen molar-refractivity contribution in [1.29, 1.82) is 0 Å². The summed E-state index contributed by atoms with van der Waals surface area (Å²) < 4.78 is 0. The van der Waals surface area contributed by atoms with Crippen molar-refractivity contribution in [2.75, 3.05) is 0 Å². The Balaban J connectivity index is 2.17. The van der Waals surface area contributed by atoms with Crippen LogP contribution in [0.4, 0.5) is 0 Å². The molecule has 0 heterocycles. The van der Waals surface area contributed by atoms with Gasteiger partial charge in [0.15, 0.2) is 0 Å². The van der Waals surface area contributed by atoms with Crippen molar-refractivity contribution < 1.29 is 0 Å². The van der Waals surface area contributed by atoms with Gasteiger partial charge >= 0.3 is 0 Å². The van der Waals surface area contributed by atoms with Crippen molar-refractivity contribution in [3.05, 3.63) is 35.4 Å². The lowest BCUT2D eigenvalue weighted by atomic mass is 9.74. The zero-order valence-corrected chi connectivity index (χ0v) is 8.20. The van der Waals surface area contributed by atoms with Crippen LogP contribution in [-0.2, 0) is 6.42 Å². The third kappa shape index (κ3) is 1.39. The van der Waals surface area contributed by atoms with E-state index in [-0.39, 0.29) is 0 Å². The molecule has 1 aromatic carbocycles. The minimum Gasteiger partial charge on any atom is -0.294 e. The Kier molecular flexibility index (Phi) is 2.17. The molecule has 1 heteroatoms. The summed E-state index contributed by atoms with van der Waals surface area (Å²) in [5, 5.41) is 0. The molecule has 0 fully saturated rings. The van der Waals surface area contributed by atoms with E-state index in [0.29, 0.717) is 12.0 Å². The highest BCUT2D eigenvalue weighted by Gasteiger charge is 2.29. The first kappa shape index (κ1) is 8.49. The summed E-state index contributed by atoms with van der Waals surface area (Å²) in [6.07, 6.45) is 3.11. The predicted molar refractivity (Wildman–Crippen MR) is 56.5 cm³/mol. The smallest absolute Gasteiger partial charge is 0.0539 e. The van der Waals surface area contributed by atoms with Gasteiger partial charge in [-0.1, -0.05) is 24.3 Å². The zero-order valence-electron chi connectivity index (χ0n) is 8.20. The number of benzene rings is 1. The molecule has 1 nitrogen and oxygen atoms in total. The standard InChI is InChI=1S/C12H15N/c1-3-13-9(2)12-8-10-6-4-5-7-11(10)12/h3-7,9,12H,8H2,1-2H3/b13-3+/t9-,12?/m0/s1. The third-order valence-electron chi connectivity index (χ3n) is 2.86. The van der Waals surface area contributed by atoms with E-state index in [9.17, 15) is 0 Å². The highest BCUT2D eigenvalue weighted by atomic mass is 14.8. The number of aliphatic imine (C=N–C) groups is 1. The van der Waals surface area contributed by atoms with Gasteiger partial charge in [-0.05, 0) is 37.6 Å². The van der Waals surface area contributed by atoms with E-state index in [1.165, 1.54) is 17.5 Å². The van der Waals surface area contributed by atoms with Crippen LogP contribution < -0.4 is 0 Å². The van der Waals surface area contributed by atoms with Gasteiger partial charge in [-0.15, -0.1) is 0 Å². The van der Waals surface area contributed by atoms with Crippen LogP contribution in [0.3, 0.4) is 0 Å². The van der Waals surface area contributed by atoms with Crippen molar-refractivity contribution in [1.82, 2.24) is 0 Å². The molecule has 1 aliphatic rings. The first-order valence-corrected chi connectivity index (χ1v) is 4.88. The Hall–Kier alpha value is -1.11. The lowest BCUT2D eigenvalue weighted by Crippen LogP contribution is -2.25. The van der Waals surface area contributed by atoms with E-state index in [4.69, 9.17) is 0 Å². The van der Waals surface area contributed by atoms with Gasteiger partial charge in [0.2, 0.25) is 0 Å². The predicted octanol–water partition coefficient (Wildman–Crippen LogP) is 2.81. The monoisotopic (exact) mass is 173 g/mol. The van der Waals surface area contributed by atoms with Crippen LogP contribution in [0.2, 0.25) is 0 Å². The van der Waals surface area contributed by atoms with Crippen molar-refractivity contribution >= 4 is 6.21 Å². The molecule has 1 aliphatic carbocycles. The summed E-state index contributed by atoms with van der Waals surface area (Å²) >= 11 is 0. The SMILES string of the molecule is C/C=N/[C@@H](C)C1Cc2ccccc21. The van der Waals surface area contributed by atoms with Crippen LogP contribution in [0.5, 0.6) is 0 Å². The van der Waals surface area contributed by atoms with Crippen LogP contribution in [-0.4, -0.2) is 12.3 Å². The first-order chi connectivity index (χ1) is 6.33. The molecule has 0 saturated heterocycles. The van der Waals surface area contributed by atoms with Gasteiger partial charge in [-0.2, -0.15) is 0 Å². The second-order valence-corrected chi connectivity index (χ2v) is 3.66. The molecule has 13 heavy (non-hydrogen) atoms. The third-order valence-corrected chi connectivity index (χ3v) is 2.86. The summed E-state index contributed by atoms with van der Waals surface area (Å²) in [4.78, 5) is 4.42. The van der Waals surface area contributed by atoms with Gasteiger partial charge in [0.25, 0.3) is 0 Å². The molecule has 0 bridgehead atoms. The molecule has 2 rings (SSSR count). The van der Waals surface area contributed by atoms with E-state index < -0.39 is 0 Å². The Morgan fingerprint density at radius 1 is 1.46 bits per heavy atom. The average molecular weight is 173 g/mol. The van der Waals surface area contributed by atoms with Crippen LogP contribution in [0, 0.1) is 0 Å². The molecule has 0 aromatic heterocycles. The number of hydrogen-bond donors (Lipinski definition) is 0. The van der Waals surface area contributed by atoms with E-state index in [1.54, 1.807) is 0 Å². The molecule has 68 valence electrons. The van der Waals surface area contributed by atoms with Crippen molar-refractivity contribution in [2.24, 2.45) is 4.99 Å². The minimum atomic E-state index is 0.444. The van der Waals surface area contributed by atoms with Crippen LogP contribution in [0.25, 0.3) is 0 Å². The topological polar surface area (TPSA) is 12.4 Å². The fraction of sp³-hybridized carbons (Fsp3) is 0.417. The minimum absolute atomic E-state index is 0.444. The molecule has 1 aromatic rings. The summed E-state index contributed by atoms with van der Waals surface area (Å²) in [6.45, 7) is 4.18. The molecule has 0 saturated carbocycles. The Morgan fingerprint density at radius 2 is 2.23 bits per heavy atom. The van der Waals surface area contributed by atoms with Gasteiger partial charge in [0, 0.05) is 5.92 Å². The zero-order chi connectivity index (χ0) is 9.26. The number of fused-ring (bicyclic) bond motifs is 1. The van der Waals surface area contributed by atoms with Gasteiger partial charge < -0.3 is 0 Å². The number of rotatable bonds is 2. The molecule has 0 N–H and O–H groups in total. The molecular weight excluding hydrogens is 158 g/mol. The number of hydrogen-bond acceptors (Lipinski definition) is 1. The first-order valence-electron chi connectivity index (χ1n) is 4.88. The highest BCUT2D eigenvalue weighted by molar-refractivity contribution is 5.54. The Labute approximate surface area is 79.5 Å².